The number of aliphatic imine (C=N–C) groups is 1. The number of aromatic amines is 1. The molecule has 0 amide bonds. The van der Waals surface area contributed by atoms with Crippen molar-refractivity contribution in [2.24, 2.45) is 4.99 Å². The molecule has 5 nitrogen and oxygen atoms in total. The number of para-hydroxylation sites is 3. The molecular formula is C14H11MoN3O2-2. The van der Waals surface area contributed by atoms with Crippen LogP contribution in [-0.2, 0) is 26.5 Å². The Bertz CT molecular complexity index is 692. The molecule has 20 heavy (non-hydrogen) atoms. The van der Waals surface area contributed by atoms with Gasteiger partial charge in [0.25, 0.3) is 0 Å². The monoisotopic (exact) mass is 351 g/mol. The summed E-state index contributed by atoms with van der Waals surface area (Å²) in [5.74, 6) is 0.733. The zero-order valence-electron chi connectivity index (χ0n) is 10.4. The first-order valence-electron chi connectivity index (χ1n) is 5.60. The third kappa shape index (κ3) is 3.32. The molecule has 0 aliphatic rings. The van der Waals surface area contributed by atoms with E-state index in [-0.39, 0.29) is 32.3 Å². The summed E-state index contributed by atoms with van der Waals surface area (Å²) in [7, 11) is 0. The van der Waals surface area contributed by atoms with Crippen LogP contribution in [-0.4, -0.2) is 21.3 Å². The normalized spacial score (nSPS) is 10.2. The van der Waals surface area contributed by atoms with Crippen molar-refractivity contribution >= 4 is 23.2 Å². The van der Waals surface area contributed by atoms with Crippen molar-refractivity contribution in [1.29, 1.82) is 0 Å². The van der Waals surface area contributed by atoms with Crippen molar-refractivity contribution in [2.75, 3.05) is 0 Å². The van der Waals surface area contributed by atoms with E-state index in [1.807, 2.05) is 30.3 Å². The summed E-state index contributed by atoms with van der Waals surface area (Å²) in [6.07, 6.45) is 1.59. The SMILES string of the molecule is Oc1ccccc1/C=N/c1nc2ccccc2[nH]1.[Mo].[O-2]. The van der Waals surface area contributed by atoms with Crippen molar-refractivity contribution in [3.63, 3.8) is 0 Å². The average molecular weight is 349 g/mol. The van der Waals surface area contributed by atoms with E-state index in [1.165, 1.54) is 0 Å². The molecule has 0 aliphatic heterocycles. The fourth-order valence-electron chi connectivity index (χ4n) is 1.73. The zero-order valence-corrected chi connectivity index (χ0v) is 12.4. The maximum atomic E-state index is 9.61. The van der Waals surface area contributed by atoms with Crippen LogP contribution >= 0.6 is 0 Å². The maximum absolute atomic E-state index is 9.61. The quantitative estimate of drug-likeness (QED) is 0.550. The predicted octanol–water partition coefficient (Wildman–Crippen LogP) is 2.90. The van der Waals surface area contributed by atoms with Crippen molar-refractivity contribution in [1.82, 2.24) is 9.97 Å². The standard InChI is InChI=1S/C14H11N3O.Mo.O/c18-13-8-4-1-5-10(13)9-15-14-16-11-6-2-3-7-12(11)17-14;;/h1-9,18H,(H,16,17);;/q;;-2/b15-9+;;. The van der Waals surface area contributed by atoms with Crippen LogP contribution < -0.4 is 0 Å². The van der Waals surface area contributed by atoms with E-state index in [1.54, 1.807) is 24.4 Å². The van der Waals surface area contributed by atoms with Gasteiger partial charge in [-0.05, 0) is 24.3 Å². The maximum Gasteiger partial charge on any atom is 0.227 e. The molecule has 3 aromatic rings. The first-order chi connectivity index (χ1) is 8.83. The van der Waals surface area contributed by atoms with E-state index < -0.39 is 0 Å². The molecule has 0 saturated heterocycles. The Morgan fingerprint density at radius 3 is 2.50 bits per heavy atom. The van der Waals surface area contributed by atoms with Crippen molar-refractivity contribution < 1.29 is 31.6 Å². The van der Waals surface area contributed by atoms with Crippen molar-refractivity contribution in [3.8, 4) is 5.75 Å². The molecule has 1 heterocycles. The molecule has 0 radical (unpaired) electrons. The molecule has 2 aromatic carbocycles. The van der Waals surface area contributed by atoms with Gasteiger partial charge >= 0.3 is 0 Å². The Hall–Kier alpha value is -1.97. The van der Waals surface area contributed by atoms with Crippen LogP contribution in [0.3, 0.4) is 0 Å². The van der Waals surface area contributed by atoms with Crippen LogP contribution in [0.2, 0.25) is 0 Å². The largest absolute Gasteiger partial charge is 2.00 e. The molecule has 3 rings (SSSR count). The second-order valence-corrected chi connectivity index (χ2v) is 3.89. The van der Waals surface area contributed by atoms with E-state index in [0.717, 1.165) is 11.0 Å². The zero-order chi connectivity index (χ0) is 12.4. The van der Waals surface area contributed by atoms with Gasteiger partial charge in [-0.2, -0.15) is 0 Å². The average Bonchev–Trinajstić information content (AvgIpc) is 2.80. The Morgan fingerprint density at radius 2 is 1.75 bits per heavy atom. The van der Waals surface area contributed by atoms with E-state index in [2.05, 4.69) is 15.0 Å². The number of hydrogen-bond acceptors (Lipinski definition) is 3. The number of fused-ring (bicyclic) bond motifs is 1. The number of rotatable bonds is 2. The van der Waals surface area contributed by atoms with Crippen LogP contribution in [0.4, 0.5) is 5.95 Å². The van der Waals surface area contributed by atoms with E-state index in [9.17, 15) is 5.11 Å². The molecule has 6 heteroatoms. The van der Waals surface area contributed by atoms with Gasteiger partial charge < -0.3 is 15.6 Å². The van der Waals surface area contributed by atoms with Gasteiger partial charge in [-0.3, -0.25) is 0 Å². The van der Waals surface area contributed by atoms with Crippen LogP contribution in [0.15, 0.2) is 53.5 Å². The molecule has 2 N–H and O–H groups in total. The van der Waals surface area contributed by atoms with Crippen LogP contribution in [0.1, 0.15) is 5.56 Å². The predicted molar refractivity (Wildman–Crippen MR) is 72.1 cm³/mol. The van der Waals surface area contributed by atoms with Crippen LogP contribution in [0.5, 0.6) is 5.75 Å². The minimum atomic E-state index is 0. The van der Waals surface area contributed by atoms with Crippen molar-refractivity contribution in [2.45, 2.75) is 0 Å². The molecule has 0 aliphatic carbocycles. The molecule has 1 aromatic heterocycles. The van der Waals surface area contributed by atoms with Crippen molar-refractivity contribution in [3.05, 3.63) is 54.1 Å². The Kier molecular flexibility index (Phi) is 5.62. The summed E-state index contributed by atoms with van der Waals surface area (Å²) in [4.78, 5) is 11.6. The number of imidazole rings is 1. The molecular weight excluding hydrogens is 338 g/mol. The Labute approximate surface area is 130 Å². The van der Waals surface area contributed by atoms with Crippen LogP contribution in [0, 0.1) is 0 Å². The van der Waals surface area contributed by atoms with Gasteiger partial charge in [0, 0.05) is 32.8 Å². The molecule has 102 valence electrons. The Morgan fingerprint density at radius 1 is 1.05 bits per heavy atom. The fraction of sp³-hybridized carbons (Fsp3) is 0. The summed E-state index contributed by atoms with van der Waals surface area (Å²) < 4.78 is 0. The molecule has 0 saturated carbocycles. The molecule has 0 unspecified atom stereocenters. The number of aromatic nitrogens is 2. The molecule has 0 atom stereocenters. The summed E-state index contributed by atoms with van der Waals surface area (Å²) in [6, 6.07) is 14.8. The summed E-state index contributed by atoms with van der Waals surface area (Å²) in [5.41, 5.74) is 2.49. The number of H-pyrrole nitrogens is 1. The first kappa shape index (κ1) is 16.1. The summed E-state index contributed by atoms with van der Waals surface area (Å²) in [6.45, 7) is 0. The van der Waals surface area contributed by atoms with Gasteiger partial charge in [-0.1, -0.05) is 24.3 Å². The van der Waals surface area contributed by atoms with Gasteiger partial charge in [-0.15, -0.1) is 0 Å². The molecule has 0 bridgehead atoms. The van der Waals surface area contributed by atoms with Gasteiger partial charge in [0.1, 0.15) is 5.75 Å². The van der Waals surface area contributed by atoms with Gasteiger partial charge in [0.05, 0.1) is 11.0 Å². The fourth-order valence-corrected chi connectivity index (χ4v) is 1.73. The number of aromatic hydroxyl groups is 1. The second kappa shape index (κ2) is 6.98. The van der Waals surface area contributed by atoms with Gasteiger partial charge in [-0.25, -0.2) is 9.98 Å². The Balaban J connectivity index is 0.000001000. The number of nitrogens with zero attached hydrogens (tertiary/aromatic N) is 2. The number of hydrogen-bond donors (Lipinski definition) is 2. The topological polar surface area (TPSA) is 89.8 Å². The van der Waals surface area contributed by atoms with Gasteiger partial charge in [0.15, 0.2) is 0 Å². The van der Waals surface area contributed by atoms with E-state index >= 15 is 0 Å². The number of benzene rings is 2. The number of nitrogens with one attached hydrogen (secondary N) is 1. The smallest absolute Gasteiger partial charge is 0.227 e. The minimum absolute atomic E-state index is 0. The summed E-state index contributed by atoms with van der Waals surface area (Å²) >= 11 is 0. The minimum Gasteiger partial charge on any atom is -2.00 e. The first-order valence-corrected chi connectivity index (χ1v) is 5.60. The van der Waals surface area contributed by atoms with Gasteiger partial charge in [0.2, 0.25) is 5.95 Å². The van der Waals surface area contributed by atoms with Crippen LogP contribution in [0.25, 0.3) is 11.0 Å². The number of phenols is 1. The molecule has 0 spiro atoms. The molecule has 0 fully saturated rings. The van der Waals surface area contributed by atoms with E-state index in [0.29, 0.717) is 11.5 Å². The summed E-state index contributed by atoms with van der Waals surface area (Å²) in [5, 5.41) is 9.61. The number of phenolic OH excluding ortho intramolecular Hbond substituents is 1. The second-order valence-electron chi connectivity index (χ2n) is 3.89. The third-order valence-corrected chi connectivity index (χ3v) is 2.64. The third-order valence-electron chi connectivity index (χ3n) is 2.64. The van der Waals surface area contributed by atoms with E-state index in [4.69, 9.17) is 0 Å².